The summed E-state index contributed by atoms with van der Waals surface area (Å²) in [6.07, 6.45) is 0. The zero-order valence-electron chi connectivity index (χ0n) is 12.6. The third-order valence-electron chi connectivity index (χ3n) is 2.94. The monoisotopic (exact) mass is 290 g/mol. The molecule has 0 bridgehead atoms. The molecule has 2 aromatic rings. The lowest BCUT2D eigenvalue weighted by Gasteiger charge is -2.05. The lowest BCUT2D eigenvalue weighted by molar-refractivity contribution is 0.0555. The van der Waals surface area contributed by atoms with Gasteiger partial charge in [-0.3, -0.25) is 9.59 Å². The summed E-state index contributed by atoms with van der Waals surface area (Å²) in [7, 11) is 0. The Morgan fingerprint density at radius 1 is 0.905 bits per heavy atom. The van der Waals surface area contributed by atoms with Gasteiger partial charge in [0.15, 0.2) is 0 Å². The van der Waals surface area contributed by atoms with E-state index in [0.717, 1.165) is 22.8 Å². The summed E-state index contributed by atoms with van der Waals surface area (Å²) in [5.74, 6) is -0.608. The molecule has 0 fully saturated rings. The lowest BCUT2D eigenvalue weighted by atomic mass is 10.4. The van der Waals surface area contributed by atoms with E-state index in [4.69, 9.17) is 4.74 Å². The number of aromatic nitrogens is 4. The molecular formula is C14H18N4O3. The van der Waals surface area contributed by atoms with Crippen LogP contribution in [0.1, 0.15) is 32.4 Å². The molecule has 7 nitrogen and oxygen atoms in total. The number of aryl methyl sites for hydroxylation is 4. The number of carbonyl (C=O) groups excluding carboxylic acids is 2. The maximum Gasteiger partial charge on any atom is 0.273 e. The van der Waals surface area contributed by atoms with Crippen LogP contribution in [0.15, 0.2) is 12.1 Å². The molecule has 2 rings (SSSR count). The van der Waals surface area contributed by atoms with Crippen LogP contribution in [0.3, 0.4) is 0 Å². The van der Waals surface area contributed by atoms with Crippen LogP contribution in [-0.2, 0) is 4.74 Å². The zero-order valence-corrected chi connectivity index (χ0v) is 12.6. The third kappa shape index (κ3) is 3.43. The molecule has 0 spiro atoms. The summed E-state index contributed by atoms with van der Waals surface area (Å²) in [6, 6.07) is 3.61. The minimum Gasteiger partial charge on any atom is -0.362 e. The summed E-state index contributed by atoms with van der Waals surface area (Å²) >= 11 is 0. The molecule has 0 atom stereocenters. The Morgan fingerprint density at radius 3 is 1.57 bits per heavy atom. The van der Waals surface area contributed by atoms with Crippen molar-refractivity contribution >= 4 is 11.8 Å². The van der Waals surface area contributed by atoms with Crippen molar-refractivity contribution in [3.8, 4) is 0 Å². The molecule has 0 radical (unpaired) electrons. The van der Waals surface area contributed by atoms with E-state index in [9.17, 15) is 9.59 Å². The molecule has 0 saturated carbocycles. The molecule has 7 heteroatoms. The number of ether oxygens (including phenoxy) is 1. The zero-order chi connectivity index (χ0) is 15.6. The molecular weight excluding hydrogens is 272 g/mol. The van der Waals surface area contributed by atoms with Gasteiger partial charge in [0.1, 0.15) is 13.2 Å². The first-order valence-electron chi connectivity index (χ1n) is 6.59. The lowest BCUT2D eigenvalue weighted by Crippen LogP contribution is -2.25. The highest BCUT2D eigenvalue weighted by atomic mass is 16.5. The molecule has 21 heavy (non-hydrogen) atoms. The van der Waals surface area contributed by atoms with Crippen LogP contribution >= 0.6 is 0 Å². The van der Waals surface area contributed by atoms with Crippen LogP contribution in [0.5, 0.6) is 0 Å². The van der Waals surface area contributed by atoms with Crippen molar-refractivity contribution in [3.63, 3.8) is 0 Å². The van der Waals surface area contributed by atoms with Gasteiger partial charge in [-0.15, -0.1) is 0 Å². The Labute approximate surface area is 122 Å². The van der Waals surface area contributed by atoms with E-state index in [1.165, 1.54) is 9.36 Å². The smallest absolute Gasteiger partial charge is 0.273 e. The van der Waals surface area contributed by atoms with Crippen molar-refractivity contribution in [3.05, 3.63) is 34.9 Å². The number of hydrogen-bond donors (Lipinski definition) is 0. The van der Waals surface area contributed by atoms with Gasteiger partial charge in [0.2, 0.25) is 0 Å². The molecule has 0 aromatic carbocycles. The average Bonchev–Trinajstić information content (AvgIpc) is 2.91. The van der Waals surface area contributed by atoms with Crippen LogP contribution in [0.25, 0.3) is 0 Å². The second-order valence-corrected chi connectivity index (χ2v) is 4.96. The van der Waals surface area contributed by atoms with Gasteiger partial charge in [0.05, 0.1) is 11.4 Å². The van der Waals surface area contributed by atoms with Crippen LogP contribution < -0.4 is 0 Å². The first-order chi connectivity index (χ1) is 9.88. The van der Waals surface area contributed by atoms with E-state index >= 15 is 0 Å². The highest BCUT2D eigenvalue weighted by Gasteiger charge is 2.13. The Kier molecular flexibility index (Phi) is 4.32. The van der Waals surface area contributed by atoms with Crippen LogP contribution in [-0.4, -0.2) is 44.6 Å². The fourth-order valence-corrected chi connectivity index (χ4v) is 2.11. The van der Waals surface area contributed by atoms with Crippen molar-refractivity contribution in [2.45, 2.75) is 27.7 Å². The number of carbonyl (C=O) groups is 2. The van der Waals surface area contributed by atoms with Crippen LogP contribution in [0.4, 0.5) is 0 Å². The SMILES string of the molecule is Cc1cc(C)n(C(=O)COCC(=O)n2nc(C)cc2C)n1. The summed E-state index contributed by atoms with van der Waals surface area (Å²) in [5, 5.41) is 8.14. The maximum absolute atomic E-state index is 11.9. The quantitative estimate of drug-likeness (QED) is 0.848. The highest BCUT2D eigenvalue weighted by Crippen LogP contribution is 2.03. The molecule has 0 saturated heterocycles. The molecule has 0 amide bonds. The molecule has 0 aliphatic carbocycles. The Balaban J connectivity index is 1.90. The van der Waals surface area contributed by atoms with Gasteiger partial charge in [-0.25, -0.2) is 9.36 Å². The Bertz CT molecular complexity index is 626. The first kappa shape index (κ1) is 15.1. The van der Waals surface area contributed by atoms with Crippen molar-refractivity contribution in [2.75, 3.05) is 13.2 Å². The maximum atomic E-state index is 11.9. The normalized spacial score (nSPS) is 10.9. The van der Waals surface area contributed by atoms with Crippen molar-refractivity contribution in [2.24, 2.45) is 0 Å². The highest BCUT2D eigenvalue weighted by molar-refractivity contribution is 5.82. The van der Waals surface area contributed by atoms with E-state index in [-0.39, 0.29) is 25.0 Å². The van der Waals surface area contributed by atoms with Crippen molar-refractivity contribution < 1.29 is 14.3 Å². The van der Waals surface area contributed by atoms with Gasteiger partial charge in [-0.2, -0.15) is 10.2 Å². The molecule has 0 unspecified atom stereocenters. The number of rotatable bonds is 4. The van der Waals surface area contributed by atoms with Gasteiger partial charge in [-0.1, -0.05) is 0 Å². The van der Waals surface area contributed by atoms with Gasteiger partial charge in [-0.05, 0) is 39.8 Å². The molecule has 112 valence electrons. The predicted octanol–water partition coefficient (Wildman–Crippen LogP) is 1.31. The summed E-state index contributed by atoms with van der Waals surface area (Å²) < 4.78 is 7.74. The fraction of sp³-hybridized carbons (Fsp3) is 0.429. The predicted molar refractivity (Wildman–Crippen MR) is 75.5 cm³/mol. The Hall–Kier alpha value is -2.28. The van der Waals surface area contributed by atoms with E-state index in [1.54, 1.807) is 26.0 Å². The minimum atomic E-state index is -0.304. The average molecular weight is 290 g/mol. The topological polar surface area (TPSA) is 79.0 Å². The molecule has 2 heterocycles. The molecule has 2 aromatic heterocycles. The van der Waals surface area contributed by atoms with Crippen molar-refractivity contribution in [1.29, 1.82) is 0 Å². The van der Waals surface area contributed by atoms with Crippen LogP contribution in [0, 0.1) is 27.7 Å². The fourth-order valence-electron chi connectivity index (χ4n) is 2.11. The van der Waals surface area contributed by atoms with E-state index in [0.29, 0.717) is 0 Å². The Morgan fingerprint density at radius 2 is 1.29 bits per heavy atom. The summed E-state index contributed by atoms with van der Waals surface area (Å²) in [6.45, 7) is 6.80. The standard InChI is InChI=1S/C14H18N4O3/c1-9-5-11(3)17(15-9)13(19)7-21-8-14(20)18-12(4)6-10(2)16-18/h5-6H,7-8H2,1-4H3. The van der Waals surface area contributed by atoms with E-state index < -0.39 is 0 Å². The molecule has 0 aliphatic rings. The molecule has 0 N–H and O–H groups in total. The summed E-state index contributed by atoms with van der Waals surface area (Å²) in [5.41, 5.74) is 3.01. The van der Waals surface area contributed by atoms with Gasteiger partial charge in [0, 0.05) is 11.4 Å². The largest absolute Gasteiger partial charge is 0.362 e. The second kappa shape index (κ2) is 6.01. The second-order valence-electron chi connectivity index (χ2n) is 4.96. The van der Waals surface area contributed by atoms with Crippen LogP contribution in [0.2, 0.25) is 0 Å². The minimum absolute atomic E-state index is 0.201. The van der Waals surface area contributed by atoms with Crippen molar-refractivity contribution in [1.82, 2.24) is 19.6 Å². The van der Waals surface area contributed by atoms with Gasteiger partial charge < -0.3 is 4.74 Å². The van der Waals surface area contributed by atoms with E-state index in [1.807, 2.05) is 13.8 Å². The first-order valence-corrected chi connectivity index (χ1v) is 6.59. The number of hydrogen-bond acceptors (Lipinski definition) is 5. The van der Waals surface area contributed by atoms with E-state index in [2.05, 4.69) is 10.2 Å². The van der Waals surface area contributed by atoms with Gasteiger partial charge in [0.25, 0.3) is 11.8 Å². The molecule has 0 aliphatic heterocycles. The summed E-state index contributed by atoms with van der Waals surface area (Å²) in [4.78, 5) is 23.8. The van der Waals surface area contributed by atoms with Gasteiger partial charge >= 0.3 is 0 Å². The third-order valence-corrected chi connectivity index (χ3v) is 2.94. The number of nitrogens with zero attached hydrogens (tertiary/aromatic N) is 4.